The number of esters is 1. The second kappa shape index (κ2) is 6.64. The summed E-state index contributed by atoms with van der Waals surface area (Å²) in [6.07, 6.45) is 2.02. The number of carbonyl (C=O) groups is 2. The van der Waals surface area contributed by atoms with E-state index in [1.54, 1.807) is 4.68 Å². The smallest absolute Gasteiger partial charge is 0.327 e. The monoisotopic (exact) mass is 314 g/mol. The van der Waals surface area contributed by atoms with Gasteiger partial charge in [0.2, 0.25) is 0 Å². The van der Waals surface area contributed by atoms with Crippen molar-refractivity contribution in [1.29, 1.82) is 0 Å². The van der Waals surface area contributed by atoms with Crippen LogP contribution in [-0.2, 0) is 29.1 Å². The number of methoxy groups -OCH3 is 1. The van der Waals surface area contributed by atoms with E-state index in [0.717, 1.165) is 18.5 Å². The number of ketones is 1. The van der Waals surface area contributed by atoms with E-state index in [1.807, 2.05) is 30.3 Å². The molecule has 0 radical (unpaired) electrons. The molecule has 2 aromatic rings. The Morgan fingerprint density at radius 2 is 2.04 bits per heavy atom. The van der Waals surface area contributed by atoms with Crippen molar-refractivity contribution in [3.05, 3.63) is 47.3 Å². The lowest BCUT2D eigenvalue weighted by Gasteiger charge is -2.13. The summed E-state index contributed by atoms with van der Waals surface area (Å²) in [5.41, 5.74) is 1.99. The van der Waals surface area contributed by atoms with Crippen LogP contribution in [0.3, 0.4) is 0 Å². The Balaban J connectivity index is 1.87. The summed E-state index contributed by atoms with van der Waals surface area (Å²) in [7, 11) is 1.34. The van der Waals surface area contributed by atoms with Crippen LogP contribution >= 0.6 is 0 Å². The minimum atomic E-state index is -0.385. The number of para-hydroxylation sites is 1. The van der Waals surface area contributed by atoms with Crippen LogP contribution in [0.15, 0.2) is 30.3 Å². The number of rotatable bonds is 5. The lowest BCUT2D eigenvalue weighted by atomic mass is 9.94. The van der Waals surface area contributed by atoms with Crippen LogP contribution in [0.2, 0.25) is 0 Å². The van der Waals surface area contributed by atoms with Gasteiger partial charge in [0, 0.05) is 6.42 Å². The third-order valence-corrected chi connectivity index (χ3v) is 3.85. The van der Waals surface area contributed by atoms with Crippen molar-refractivity contribution in [1.82, 2.24) is 9.78 Å². The first kappa shape index (κ1) is 15.3. The van der Waals surface area contributed by atoms with Gasteiger partial charge in [-0.2, -0.15) is 5.10 Å². The van der Waals surface area contributed by atoms with Crippen molar-refractivity contribution in [2.24, 2.45) is 0 Å². The molecule has 23 heavy (non-hydrogen) atoms. The van der Waals surface area contributed by atoms with Crippen LogP contribution in [0.25, 0.3) is 0 Å². The highest BCUT2D eigenvalue weighted by Crippen LogP contribution is 2.25. The highest BCUT2D eigenvalue weighted by atomic mass is 16.5. The molecule has 0 N–H and O–H groups in total. The van der Waals surface area contributed by atoms with Crippen LogP contribution in [0.5, 0.6) is 5.75 Å². The lowest BCUT2D eigenvalue weighted by Crippen LogP contribution is -2.18. The molecule has 0 atom stereocenters. The summed E-state index contributed by atoms with van der Waals surface area (Å²) < 4.78 is 12.0. The Bertz CT molecular complexity index is 722. The molecule has 0 unspecified atom stereocenters. The van der Waals surface area contributed by atoms with Gasteiger partial charge >= 0.3 is 5.97 Å². The minimum absolute atomic E-state index is 0.0114. The molecule has 0 spiro atoms. The van der Waals surface area contributed by atoms with Gasteiger partial charge < -0.3 is 9.47 Å². The largest absolute Gasteiger partial charge is 0.487 e. The van der Waals surface area contributed by atoms with Crippen molar-refractivity contribution < 1.29 is 19.1 Å². The maximum atomic E-state index is 12.3. The average Bonchev–Trinajstić information content (AvgIpc) is 2.93. The Labute approximate surface area is 134 Å². The molecular formula is C17H18N2O4. The molecule has 6 nitrogen and oxygen atoms in total. The summed E-state index contributed by atoms with van der Waals surface area (Å²) in [5, 5.41) is 4.42. The zero-order chi connectivity index (χ0) is 16.2. The van der Waals surface area contributed by atoms with E-state index in [9.17, 15) is 9.59 Å². The first-order chi connectivity index (χ1) is 11.2. The summed E-state index contributed by atoms with van der Waals surface area (Å²) in [5.74, 6) is 0.393. The van der Waals surface area contributed by atoms with Gasteiger partial charge in [-0.1, -0.05) is 18.2 Å². The number of benzene rings is 1. The number of carbonyl (C=O) groups excluding carboxylic acids is 2. The molecular weight excluding hydrogens is 296 g/mol. The Hall–Kier alpha value is -2.63. The number of aromatic nitrogens is 2. The highest BCUT2D eigenvalue weighted by molar-refractivity contribution is 5.99. The fourth-order valence-corrected chi connectivity index (χ4v) is 2.76. The van der Waals surface area contributed by atoms with E-state index in [2.05, 4.69) is 5.10 Å². The predicted octanol–water partition coefficient (Wildman–Crippen LogP) is 2.15. The number of fused-ring (bicyclic) bond motifs is 1. The molecule has 1 aromatic carbocycles. The van der Waals surface area contributed by atoms with E-state index in [-0.39, 0.29) is 24.9 Å². The van der Waals surface area contributed by atoms with Gasteiger partial charge in [0.05, 0.1) is 18.4 Å². The standard InChI is InChI=1S/C17H18N2O4/c1-22-16(21)10-19-14-8-5-9-15(20)17(14)13(18-19)11-23-12-6-3-2-4-7-12/h2-4,6-7H,5,8-11H2,1H3. The topological polar surface area (TPSA) is 70.4 Å². The molecule has 1 heterocycles. The van der Waals surface area contributed by atoms with Crippen molar-refractivity contribution >= 4 is 11.8 Å². The highest BCUT2D eigenvalue weighted by Gasteiger charge is 2.27. The quantitative estimate of drug-likeness (QED) is 0.791. The summed E-state index contributed by atoms with van der Waals surface area (Å²) in [6.45, 7) is 0.212. The molecule has 1 aliphatic carbocycles. The fourth-order valence-electron chi connectivity index (χ4n) is 2.76. The van der Waals surface area contributed by atoms with E-state index in [0.29, 0.717) is 23.4 Å². The molecule has 0 fully saturated rings. The van der Waals surface area contributed by atoms with Gasteiger partial charge in [0.15, 0.2) is 5.78 Å². The number of ether oxygens (including phenoxy) is 2. The van der Waals surface area contributed by atoms with Gasteiger partial charge in [-0.05, 0) is 25.0 Å². The maximum Gasteiger partial charge on any atom is 0.327 e. The zero-order valence-electron chi connectivity index (χ0n) is 12.9. The van der Waals surface area contributed by atoms with E-state index >= 15 is 0 Å². The molecule has 0 amide bonds. The number of Topliss-reactive ketones (excluding diaryl/α,β-unsaturated/α-hetero) is 1. The van der Waals surface area contributed by atoms with Crippen LogP contribution in [-0.4, -0.2) is 28.6 Å². The summed E-state index contributed by atoms with van der Waals surface area (Å²) in [6, 6.07) is 9.36. The third-order valence-electron chi connectivity index (χ3n) is 3.85. The van der Waals surface area contributed by atoms with E-state index < -0.39 is 0 Å². The number of hydrogen-bond donors (Lipinski definition) is 0. The SMILES string of the molecule is COC(=O)Cn1nc(COc2ccccc2)c2c1CCCC2=O. The van der Waals surface area contributed by atoms with Crippen LogP contribution < -0.4 is 4.74 Å². The van der Waals surface area contributed by atoms with Crippen molar-refractivity contribution in [3.8, 4) is 5.75 Å². The molecule has 1 aromatic heterocycles. The summed E-state index contributed by atoms with van der Waals surface area (Å²) in [4.78, 5) is 23.8. The first-order valence-corrected chi connectivity index (χ1v) is 7.55. The Morgan fingerprint density at radius 3 is 2.78 bits per heavy atom. The molecule has 6 heteroatoms. The van der Waals surface area contributed by atoms with Crippen molar-refractivity contribution in [3.63, 3.8) is 0 Å². The molecule has 0 aliphatic heterocycles. The van der Waals surface area contributed by atoms with Crippen LogP contribution in [0.1, 0.15) is 34.6 Å². The predicted molar refractivity (Wildman–Crippen MR) is 82.3 cm³/mol. The second-order valence-electron chi connectivity index (χ2n) is 5.38. The van der Waals surface area contributed by atoms with Gasteiger partial charge in [-0.25, -0.2) is 0 Å². The summed E-state index contributed by atoms with van der Waals surface area (Å²) >= 11 is 0. The Kier molecular flexibility index (Phi) is 4.41. The first-order valence-electron chi connectivity index (χ1n) is 7.55. The molecule has 3 rings (SSSR count). The maximum absolute atomic E-state index is 12.3. The van der Waals surface area contributed by atoms with Crippen LogP contribution in [0.4, 0.5) is 0 Å². The average molecular weight is 314 g/mol. The second-order valence-corrected chi connectivity index (χ2v) is 5.38. The Morgan fingerprint density at radius 1 is 1.26 bits per heavy atom. The number of nitrogens with zero attached hydrogens (tertiary/aromatic N) is 2. The van der Waals surface area contributed by atoms with Crippen LogP contribution in [0, 0.1) is 0 Å². The van der Waals surface area contributed by atoms with E-state index in [4.69, 9.17) is 9.47 Å². The molecule has 1 aliphatic rings. The van der Waals surface area contributed by atoms with E-state index in [1.165, 1.54) is 7.11 Å². The van der Waals surface area contributed by atoms with Gasteiger partial charge in [0.25, 0.3) is 0 Å². The normalized spacial score (nSPS) is 13.5. The minimum Gasteiger partial charge on any atom is -0.487 e. The molecule has 0 saturated heterocycles. The molecule has 0 bridgehead atoms. The third kappa shape index (κ3) is 3.26. The van der Waals surface area contributed by atoms with Crippen molar-refractivity contribution in [2.45, 2.75) is 32.4 Å². The van der Waals surface area contributed by atoms with Gasteiger partial charge in [-0.3, -0.25) is 14.3 Å². The lowest BCUT2D eigenvalue weighted by molar-refractivity contribution is -0.141. The molecule has 0 saturated carbocycles. The van der Waals surface area contributed by atoms with Gasteiger partial charge in [0.1, 0.15) is 24.6 Å². The zero-order valence-corrected chi connectivity index (χ0v) is 12.9. The number of hydrogen-bond acceptors (Lipinski definition) is 5. The van der Waals surface area contributed by atoms with Crippen molar-refractivity contribution in [2.75, 3.05) is 7.11 Å². The molecule has 120 valence electrons. The fraction of sp³-hybridized carbons (Fsp3) is 0.353. The van der Waals surface area contributed by atoms with Gasteiger partial charge in [-0.15, -0.1) is 0 Å².